The highest BCUT2D eigenvalue weighted by molar-refractivity contribution is 6.08. The highest BCUT2D eigenvalue weighted by atomic mass is 19.1. The number of fused-ring (bicyclic) bond motifs is 3. The molecule has 0 radical (unpaired) electrons. The molecule has 0 N–H and O–H groups in total. The lowest BCUT2D eigenvalue weighted by Gasteiger charge is -2.13. The number of hydrogen-bond acceptors (Lipinski definition) is 2. The fourth-order valence-corrected chi connectivity index (χ4v) is 2.63. The third kappa shape index (κ3) is 2.69. The molecule has 0 amide bonds. The fourth-order valence-electron chi connectivity index (χ4n) is 2.63. The summed E-state index contributed by atoms with van der Waals surface area (Å²) in [6.45, 7) is 4.45. The Morgan fingerprint density at radius 3 is 1.78 bits per heavy atom. The Labute approximate surface area is 133 Å². The van der Waals surface area contributed by atoms with Crippen molar-refractivity contribution in [3.63, 3.8) is 0 Å². The molecular weight excluding hydrogens is 298 g/mol. The summed E-state index contributed by atoms with van der Waals surface area (Å²) in [5.41, 5.74) is 0. The first-order chi connectivity index (χ1) is 11.0. The standard InChI is InChI=1S/C19H18F2O2/c1-11(2)10-23-17-9-7-13-12-6-8-16(22-3)18(20)14(12)4-5-15(13)19(17)21/h4-9,11H,10H2,1-3H3. The predicted octanol–water partition coefficient (Wildman–Crippen LogP) is 5.31. The molecule has 0 atom stereocenters. The van der Waals surface area contributed by atoms with Crippen LogP contribution >= 0.6 is 0 Å². The minimum Gasteiger partial charge on any atom is -0.494 e. The van der Waals surface area contributed by atoms with E-state index in [0.717, 1.165) is 0 Å². The summed E-state index contributed by atoms with van der Waals surface area (Å²) in [4.78, 5) is 0. The summed E-state index contributed by atoms with van der Waals surface area (Å²) >= 11 is 0. The minimum absolute atomic E-state index is 0.175. The van der Waals surface area contributed by atoms with Gasteiger partial charge in [0.25, 0.3) is 0 Å². The lowest BCUT2D eigenvalue weighted by Crippen LogP contribution is -2.05. The van der Waals surface area contributed by atoms with Gasteiger partial charge in [-0.2, -0.15) is 0 Å². The van der Waals surface area contributed by atoms with Gasteiger partial charge in [0.05, 0.1) is 13.7 Å². The third-order valence-corrected chi connectivity index (χ3v) is 3.79. The van der Waals surface area contributed by atoms with Crippen LogP contribution in [-0.4, -0.2) is 13.7 Å². The fraction of sp³-hybridized carbons (Fsp3) is 0.263. The first-order valence-electron chi connectivity index (χ1n) is 7.53. The molecule has 0 bridgehead atoms. The van der Waals surface area contributed by atoms with Crippen molar-refractivity contribution >= 4 is 21.5 Å². The molecule has 0 aliphatic heterocycles. The van der Waals surface area contributed by atoms with Crippen LogP contribution in [0.2, 0.25) is 0 Å². The Hall–Kier alpha value is -2.36. The maximum atomic E-state index is 14.7. The smallest absolute Gasteiger partial charge is 0.172 e. The van der Waals surface area contributed by atoms with Crippen molar-refractivity contribution in [3.05, 3.63) is 48.0 Å². The largest absolute Gasteiger partial charge is 0.494 e. The first kappa shape index (κ1) is 15.5. The van der Waals surface area contributed by atoms with Crippen molar-refractivity contribution in [1.29, 1.82) is 0 Å². The molecular formula is C19H18F2O2. The second kappa shape index (κ2) is 6.03. The molecule has 0 unspecified atom stereocenters. The Bertz CT molecular complexity index is 872. The van der Waals surface area contributed by atoms with Crippen LogP contribution in [0.3, 0.4) is 0 Å². The van der Waals surface area contributed by atoms with E-state index in [0.29, 0.717) is 34.1 Å². The molecule has 0 aromatic heterocycles. The highest BCUT2D eigenvalue weighted by Gasteiger charge is 2.14. The molecule has 3 aromatic carbocycles. The second-order valence-electron chi connectivity index (χ2n) is 5.92. The van der Waals surface area contributed by atoms with Crippen molar-refractivity contribution in [1.82, 2.24) is 0 Å². The molecule has 3 rings (SSSR count). The molecule has 0 aliphatic carbocycles. The molecule has 23 heavy (non-hydrogen) atoms. The number of rotatable bonds is 4. The zero-order valence-electron chi connectivity index (χ0n) is 13.3. The average molecular weight is 316 g/mol. The van der Waals surface area contributed by atoms with Crippen LogP contribution in [0.5, 0.6) is 11.5 Å². The van der Waals surface area contributed by atoms with Crippen molar-refractivity contribution in [2.24, 2.45) is 5.92 Å². The van der Waals surface area contributed by atoms with Gasteiger partial charge in [0.15, 0.2) is 23.1 Å². The van der Waals surface area contributed by atoms with Gasteiger partial charge in [-0.3, -0.25) is 0 Å². The van der Waals surface area contributed by atoms with Crippen molar-refractivity contribution in [2.45, 2.75) is 13.8 Å². The normalized spacial score (nSPS) is 11.4. The van der Waals surface area contributed by atoms with Gasteiger partial charge < -0.3 is 9.47 Å². The van der Waals surface area contributed by atoms with Crippen molar-refractivity contribution in [2.75, 3.05) is 13.7 Å². The van der Waals surface area contributed by atoms with Crippen LogP contribution in [0.1, 0.15) is 13.8 Å². The minimum atomic E-state index is -0.438. The van der Waals surface area contributed by atoms with Gasteiger partial charge in [-0.1, -0.05) is 26.0 Å². The summed E-state index contributed by atoms with van der Waals surface area (Å²) in [5.74, 6) is -0.147. The molecule has 0 heterocycles. The van der Waals surface area contributed by atoms with Crippen LogP contribution in [0, 0.1) is 17.6 Å². The number of benzene rings is 3. The van der Waals surface area contributed by atoms with E-state index >= 15 is 0 Å². The summed E-state index contributed by atoms with van der Waals surface area (Å²) < 4.78 is 39.5. The number of ether oxygens (including phenoxy) is 2. The first-order valence-corrected chi connectivity index (χ1v) is 7.53. The second-order valence-corrected chi connectivity index (χ2v) is 5.92. The van der Waals surface area contributed by atoms with E-state index in [1.807, 2.05) is 13.8 Å². The molecule has 0 fully saturated rings. The topological polar surface area (TPSA) is 18.5 Å². The Balaban J connectivity index is 2.19. The van der Waals surface area contributed by atoms with E-state index in [4.69, 9.17) is 9.47 Å². The molecule has 4 heteroatoms. The van der Waals surface area contributed by atoms with E-state index in [1.165, 1.54) is 7.11 Å². The molecule has 0 aliphatic rings. The van der Waals surface area contributed by atoms with Crippen LogP contribution in [0.4, 0.5) is 8.78 Å². The van der Waals surface area contributed by atoms with Gasteiger partial charge in [-0.25, -0.2) is 8.78 Å². The van der Waals surface area contributed by atoms with Gasteiger partial charge in [-0.05, 0) is 41.0 Å². The third-order valence-electron chi connectivity index (χ3n) is 3.79. The van der Waals surface area contributed by atoms with E-state index in [1.54, 1.807) is 36.4 Å². The maximum Gasteiger partial charge on any atom is 0.172 e. The predicted molar refractivity (Wildman–Crippen MR) is 88.3 cm³/mol. The Morgan fingerprint density at radius 2 is 1.26 bits per heavy atom. The zero-order chi connectivity index (χ0) is 16.6. The van der Waals surface area contributed by atoms with E-state index < -0.39 is 11.6 Å². The van der Waals surface area contributed by atoms with Gasteiger partial charge >= 0.3 is 0 Å². The number of halogens is 2. The SMILES string of the molecule is COc1ccc2c(ccc3c(F)c(OCC(C)C)ccc32)c1F. The molecule has 3 aromatic rings. The van der Waals surface area contributed by atoms with Gasteiger partial charge in [0, 0.05) is 10.8 Å². The molecule has 120 valence electrons. The van der Waals surface area contributed by atoms with Crippen LogP contribution in [-0.2, 0) is 0 Å². The summed E-state index contributed by atoms with van der Waals surface area (Å²) in [5, 5.41) is 2.13. The summed E-state index contributed by atoms with van der Waals surface area (Å²) in [7, 11) is 1.42. The van der Waals surface area contributed by atoms with Gasteiger partial charge in [0.1, 0.15) is 0 Å². The van der Waals surface area contributed by atoms with Crippen molar-refractivity contribution in [3.8, 4) is 11.5 Å². The van der Waals surface area contributed by atoms with Crippen LogP contribution < -0.4 is 9.47 Å². The van der Waals surface area contributed by atoms with Gasteiger partial charge in [-0.15, -0.1) is 0 Å². The van der Waals surface area contributed by atoms with E-state index in [9.17, 15) is 8.78 Å². The molecule has 0 saturated carbocycles. The zero-order valence-corrected chi connectivity index (χ0v) is 13.3. The highest BCUT2D eigenvalue weighted by Crippen LogP contribution is 2.35. The molecule has 2 nitrogen and oxygen atoms in total. The average Bonchev–Trinajstić information content (AvgIpc) is 2.54. The van der Waals surface area contributed by atoms with E-state index in [2.05, 4.69) is 0 Å². The quantitative estimate of drug-likeness (QED) is 0.607. The maximum absolute atomic E-state index is 14.7. The lowest BCUT2D eigenvalue weighted by molar-refractivity contribution is 0.260. The monoisotopic (exact) mass is 316 g/mol. The number of hydrogen-bond donors (Lipinski definition) is 0. The Morgan fingerprint density at radius 1 is 0.783 bits per heavy atom. The van der Waals surface area contributed by atoms with Gasteiger partial charge in [0.2, 0.25) is 0 Å². The van der Waals surface area contributed by atoms with Crippen LogP contribution in [0.15, 0.2) is 36.4 Å². The lowest BCUT2D eigenvalue weighted by atomic mass is 10.0. The summed E-state index contributed by atoms with van der Waals surface area (Å²) in [6, 6.07) is 9.82. The van der Waals surface area contributed by atoms with Crippen LogP contribution in [0.25, 0.3) is 21.5 Å². The molecule has 0 saturated heterocycles. The summed E-state index contributed by atoms with van der Waals surface area (Å²) in [6.07, 6.45) is 0. The Kier molecular flexibility index (Phi) is 4.07. The molecule has 0 spiro atoms. The van der Waals surface area contributed by atoms with E-state index in [-0.39, 0.29) is 11.5 Å². The number of methoxy groups -OCH3 is 1. The van der Waals surface area contributed by atoms with Crippen molar-refractivity contribution < 1.29 is 18.3 Å².